The second-order valence-electron chi connectivity index (χ2n) is 3.71. The number of rotatable bonds is 4. The molecule has 2 atom stereocenters. The first-order valence-corrected chi connectivity index (χ1v) is 5.27. The first kappa shape index (κ1) is 11.8. The van der Waals surface area contributed by atoms with Gasteiger partial charge in [0.2, 0.25) is 0 Å². The van der Waals surface area contributed by atoms with Gasteiger partial charge in [-0.2, -0.15) is 0 Å². The molecule has 0 spiro atoms. The van der Waals surface area contributed by atoms with E-state index >= 15 is 0 Å². The van der Waals surface area contributed by atoms with E-state index in [0.717, 1.165) is 6.42 Å². The van der Waals surface area contributed by atoms with Crippen LogP contribution >= 0.6 is 0 Å². The highest BCUT2D eigenvalue weighted by molar-refractivity contribution is 5.90. The van der Waals surface area contributed by atoms with E-state index in [-0.39, 0.29) is 17.9 Å². The zero-order valence-electron chi connectivity index (χ0n) is 9.42. The molecule has 0 heterocycles. The molecule has 0 aromatic carbocycles. The van der Waals surface area contributed by atoms with Crippen molar-refractivity contribution in [2.75, 3.05) is 13.7 Å². The summed E-state index contributed by atoms with van der Waals surface area (Å²) >= 11 is 0. The third-order valence-electron chi connectivity index (χ3n) is 2.80. The topological polar surface area (TPSA) is 67.4 Å². The molecular formula is C10H18N2O3. The van der Waals surface area contributed by atoms with Gasteiger partial charge < -0.3 is 15.4 Å². The van der Waals surface area contributed by atoms with Gasteiger partial charge in [-0.15, -0.1) is 0 Å². The van der Waals surface area contributed by atoms with E-state index in [1.54, 1.807) is 6.92 Å². The average molecular weight is 214 g/mol. The Morgan fingerprint density at radius 1 is 1.47 bits per heavy atom. The van der Waals surface area contributed by atoms with Crippen LogP contribution in [0.1, 0.15) is 26.7 Å². The van der Waals surface area contributed by atoms with Gasteiger partial charge in [-0.3, -0.25) is 0 Å². The molecule has 1 aliphatic rings. The summed E-state index contributed by atoms with van der Waals surface area (Å²) in [6.07, 6.45) is 1.54. The number of hydrogen-bond donors (Lipinski definition) is 2. The van der Waals surface area contributed by atoms with Crippen LogP contribution in [0.2, 0.25) is 0 Å². The molecule has 0 aliphatic heterocycles. The van der Waals surface area contributed by atoms with Crippen LogP contribution in [0.5, 0.6) is 0 Å². The summed E-state index contributed by atoms with van der Waals surface area (Å²) < 4.78 is 4.97. The van der Waals surface area contributed by atoms with Crippen molar-refractivity contribution in [2.24, 2.45) is 5.92 Å². The van der Waals surface area contributed by atoms with Crippen molar-refractivity contribution >= 4 is 12.0 Å². The molecule has 1 saturated carbocycles. The molecule has 2 unspecified atom stereocenters. The van der Waals surface area contributed by atoms with E-state index in [0.29, 0.717) is 13.0 Å². The number of esters is 1. The van der Waals surface area contributed by atoms with Gasteiger partial charge in [0.15, 0.2) is 0 Å². The molecular weight excluding hydrogens is 196 g/mol. The monoisotopic (exact) mass is 214 g/mol. The maximum Gasteiger partial charge on any atom is 0.332 e. The Kier molecular flexibility index (Phi) is 3.55. The van der Waals surface area contributed by atoms with Gasteiger partial charge in [0.05, 0.1) is 6.61 Å². The van der Waals surface area contributed by atoms with Gasteiger partial charge in [0.1, 0.15) is 5.54 Å². The number of urea groups is 1. The van der Waals surface area contributed by atoms with E-state index in [1.165, 1.54) is 7.05 Å². The summed E-state index contributed by atoms with van der Waals surface area (Å²) in [6, 6.07) is -0.334. The third-order valence-corrected chi connectivity index (χ3v) is 2.80. The van der Waals surface area contributed by atoms with Crippen molar-refractivity contribution in [1.82, 2.24) is 10.6 Å². The fourth-order valence-electron chi connectivity index (χ4n) is 1.80. The van der Waals surface area contributed by atoms with Crippen molar-refractivity contribution in [3.63, 3.8) is 0 Å². The summed E-state index contributed by atoms with van der Waals surface area (Å²) in [4.78, 5) is 22.9. The number of hydrogen-bond acceptors (Lipinski definition) is 3. The first-order chi connectivity index (χ1) is 7.10. The molecule has 1 rings (SSSR count). The number of carbonyl (C=O) groups excluding carboxylic acids is 2. The molecule has 5 heteroatoms. The minimum Gasteiger partial charge on any atom is -0.464 e. The second-order valence-corrected chi connectivity index (χ2v) is 3.71. The predicted molar refractivity (Wildman–Crippen MR) is 55.4 cm³/mol. The quantitative estimate of drug-likeness (QED) is 0.675. The van der Waals surface area contributed by atoms with Gasteiger partial charge in [-0.05, 0) is 19.3 Å². The number of ether oxygens (including phenoxy) is 1. The van der Waals surface area contributed by atoms with Crippen LogP contribution in [-0.4, -0.2) is 31.2 Å². The molecule has 15 heavy (non-hydrogen) atoms. The lowest BCUT2D eigenvalue weighted by molar-refractivity contribution is -0.147. The highest BCUT2D eigenvalue weighted by atomic mass is 16.5. The van der Waals surface area contributed by atoms with Crippen molar-refractivity contribution < 1.29 is 14.3 Å². The minimum absolute atomic E-state index is 0.203. The van der Waals surface area contributed by atoms with Crippen LogP contribution in [0.25, 0.3) is 0 Å². The zero-order valence-corrected chi connectivity index (χ0v) is 9.42. The molecule has 5 nitrogen and oxygen atoms in total. The minimum atomic E-state index is -0.773. The molecule has 2 amide bonds. The van der Waals surface area contributed by atoms with Gasteiger partial charge in [-0.25, -0.2) is 9.59 Å². The zero-order chi connectivity index (χ0) is 11.5. The molecule has 0 aromatic heterocycles. The van der Waals surface area contributed by atoms with E-state index < -0.39 is 5.54 Å². The smallest absolute Gasteiger partial charge is 0.332 e. The van der Waals surface area contributed by atoms with Crippen LogP contribution in [0, 0.1) is 5.92 Å². The van der Waals surface area contributed by atoms with Crippen LogP contribution in [-0.2, 0) is 9.53 Å². The number of amides is 2. The lowest BCUT2D eigenvalue weighted by Gasteiger charge is -2.17. The summed E-state index contributed by atoms with van der Waals surface area (Å²) in [6.45, 7) is 4.10. The summed E-state index contributed by atoms with van der Waals surface area (Å²) in [7, 11) is 1.53. The average Bonchev–Trinajstić information content (AvgIpc) is 2.93. The normalized spacial score (nSPS) is 28.1. The van der Waals surface area contributed by atoms with Crippen LogP contribution < -0.4 is 10.6 Å². The van der Waals surface area contributed by atoms with Crippen molar-refractivity contribution in [2.45, 2.75) is 32.2 Å². The fourth-order valence-corrected chi connectivity index (χ4v) is 1.80. The van der Waals surface area contributed by atoms with E-state index in [1.807, 2.05) is 6.92 Å². The third kappa shape index (κ3) is 2.22. The lowest BCUT2D eigenvalue weighted by atomic mass is 10.2. The molecule has 0 bridgehead atoms. The van der Waals surface area contributed by atoms with E-state index in [9.17, 15) is 9.59 Å². The molecule has 0 aromatic rings. The van der Waals surface area contributed by atoms with Crippen LogP contribution in [0.3, 0.4) is 0 Å². The Bertz CT molecular complexity index is 267. The maximum absolute atomic E-state index is 11.7. The predicted octanol–water partition coefficient (Wildman–Crippen LogP) is 0.647. The number of carbonyl (C=O) groups is 2. The summed E-state index contributed by atoms with van der Waals surface area (Å²) in [5.41, 5.74) is -0.773. The van der Waals surface area contributed by atoms with E-state index in [4.69, 9.17) is 4.74 Å². The SMILES string of the molecule is CCOC(=O)C1(NC(=O)NC)CC1CC. The standard InChI is InChI=1S/C10H18N2O3/c1-4-7-6-10(7,8(13)15-5-2)12-9(14)11-3/h7H,4-6H2,1-3H3,(H2,11,12,14). The Labute approximate surface area is 89.6 Å². The van der Waals surface area contributed by atoms with Crippen molar-refractivity contribution in [1.29, 1.82) is 0 Å². The molecule has 1 aliphatic carbocycles. The van der Waals surface area contributed by atoms with Gasteiger partial charge in [0, 0.05) is 7.05 Å². The van der Waals surface area contributed by atoms with Gasteiger partial charge >= 0.3 is 12.0 Å². The molecule has 86 valence electrons. The number of nitrogens with one attached hydrogen (secondary N) is 2. The Morgan fingerprint density at radius 2 is 2.13 bits per heavy atom. The molecule has 0 saturated heterocycles. The van der Waals surface area contributed by atoms with Gasteiger partial charge in [0.25, 0.3) is 0 Å². The Morgan fingerprint density at radius 3 is 2.53 bits per heavy atom. The molecule has 0 radical (unpaired) electrons. The summed E-state index contributed by atoms with van der Waals surface area (Å²) in [5, 5.41) is 5.12. The van der Waals surface area contributed by atoms with Gasteiger partial charge in [-0.1, -0.05) is 13.3 Å². The molecule has 1 fully saturated rings. The molecule has 2 N–H and O–H groups in total. The second kappa shape index (κ2) is 4.51. The van der Waals surface area contributed by atoms with Crippen molar-refractivity contribution in [3.05, 3.63) is 0 Å². The highest BCUT2D eigenvalue weighted by Gasteiger charge is 2.61. The highest BCUT2D eigenvalue weighted by Crippen LogP contribution is 2.46. The van der Waals surface area contributed by atoms with Crippen LogP contribution in [0.15, 0.2) is 0 Å². The maximum atomic E-state index is 11.7. The Balaban J connectivity index is 2.65. The first-order valence-electron chi connectivity index (χ1n) is 5.27. The lowest BCUT2D eigenvalue weighted by Crippen LogP contribution is -2.49. The fraction of sp³-hybridized carbons (Fsp3) is 0.800. The van der Waals surface area contributed by atoms with Crippen molar-refractivity contribution in [3.8, 4) is 0 Å². The van der Waals surface area contributed by atoms with Crippen LogP contribution in [0.4, 0.5) is 4.79 Å². The largest absolute Gasteiger partial charge is 0.464 e. The Hall–Kier alpha value is -1.26. The van der Waals surface area contributed by atoms with E-state index in [2.05, 4.69) is 10.6 Å². The summed E-state index contributed by atoms with van der Waals surface area (Å²) in [5.74, 6) is -0.116.